The largest absolute Gasteiger partial charge is 0.486 e. The molecule has 0 aliphatic heterocycles. The van der Waals surface area contributed by atoms with E-state index >= 15 is 0 Å². The molecule has 1 aromatic rings. The van der Waals surface area contributed by atoms with Crippen LogP contribution in [0.2, 0.25) is 0 Å². The Kier molecular flexibility index (Phi) is 5.55. The van der Waals surface area contributed by atoms with Crippen LogP contribution in [0.3, 0.4) is 0 Å². The zero-order valence-corrected chi connectivity index (χ0v) is 11.6. The van der Waals surface area contributed by atoms with E-state index in [1.54, 1.807) is 26.0 Å². The highest BCUT2D eigenvalue weighted by Gasteiger charge is 2.43. The van der Waals surface area contributed by atoms with E-state index in [1.165, 1.54) is 7.11 Å². The zero-order valence-electron chi connectivity index (χ0n) is 11.6. The van der Waals surface area contributed by atoms with Crippen LogP contribution in [-0.4, -0.2) is 25.5 Å². The van der Waals surface area contributed by atoms with E-state index in [9.17, 15) is 9.59 Å². The van der Waals surface area contributed by atoms with E-state index in [0.717, 1.165) is 0 Å². The third-order valence-corrected chi connectivity index (χ3v) is 3.43. The molecule has 1 rings (SSSR count). The van der Waals surface area contributed by atoms with E-state index in [2.05, 4.69) is 0 Å². The molecule has 0 atom stereocenters. The first-order chi connectivity index (χ1) is 9.10. The Morgan fingerprint density at radius 3 is 2.16 bits per heavy atom. The van der Waals surface area contributed by atoms with E-state index in [4.69, 9.17) is 9.47 Å². The minimum absolute atomic E-state index is 0.124. The summed E-state index contributed by atoms with van der Waals surface area (Å²) in [5.74, 6) is -0.116. The lowest BCUT2D eigenvalue weighted by atomic mass is 9.78. The maximum Gasteiger partial charge on any atom is 0.319 e. The summed E-state index contributed by atoms with van der Waals surface area (Å²) in [6.07, 6.45) is 0.820. The number of carbonyl (C=O) groups is 2. The van der Waals surface area contributed by atoms with Gasteiger partial charge in [0.05, 0.1) is 7.11 Å². The maximum atomic E-state index is 12.3. The minimum Gasteiger partial charge on any atom is -0.486 e. The Balaban J connectivity index is 2.76. The first kappa shape index (κ1) is 15.2. The summed E-state index contributed by atoms with van der Waals surface area (Å²) < 4.78 is 10.2. The van der Waals surface area contributed by atoms with Crippen molar-refractivity contribution in [1.82, 2.24) is 0 Å². The number of para-hydroxylation sites is 1. The summed E-state index contributed by atoms with van der Waals surface area (Å²) in [4.78, 5) is 24.1. The highest BCUT2D eigenvalue weighted by atomic mass is 16.5. The Morgan fingerprint density at radius 1 is 1.11 bits per heavy atom. The van der Waals surface area contributed by atoms with Crippen molar-refractivity contribution in [2.45, 2.75) is 26.7 Å². The lowest BCUT2D eigenvalue weighted by Crippen LogP contribution is -2.42. The predicted octanol–water partition coefficient (Wildman–Crippen LogP) is 2.61. The third kappa shape index (κ3) is 3.34. The molecule has 0 unspecified atom stereocenters. The number of ether oxygens (including phenoxy) is 2. The van der Waals surface area contributed by atoms with Gasteiger partial charge in [0.15, 0.2) is 5.78 Å². The lowest BCUT2D eigenvalue weighted by molar-refractivity contribution is -0.159. The van der Waals surface area contributed by atoms with Crippen molar-refractivity contribution in [3.8, 4) is 5.75 Å². The van der Waals surface area contributed by atoms with Gasteiger partial charge in [0.1, 0.15) is 17.8 Å². The molecule has 0 aromatic heterocycles. The van der Waals surface area contributed by atoms with Crippen LogP contribution in [0.15, 0.2) is 30.3 Å². The van der Waals surface area contributed by atoms with Crippen LogP contribution in [-0.2, 0) is 14.3 Å². The van der Waals surface area contributed by atoms with Crippen molar-refractivity contribution in [3.63, 3.8) is 0 Å². The number of ketones is 1. The van der Waals surface area contributed by atoms with Gasteiger partial charge in [0.2, 0.25) is 0 Å². The fraction of sp³-hybridized carbons (Fsp3) is 0.467. The molecule has 0 radical (unpaired) electrons. The SMILES string of the molecule is CCC(CC)(C(=O)COc1ccccc1)C(=O)OC. The molecular weight excluding hydrogens is 244 g/mol. The van der Waals surface area contributed by atoms with Crippen molar-refractivity contribution in [2.75, 3.05) is 13.7 Å². The van der Waals surface area contributed by atoms with Crippen LogP contribution in [0.5, 0.6) is 5.75 Å². The molecule has 4 nitrogen and oxygen atoms in total. The average molecular weight is 264 g/mol. The number of hydrogen-bond acceptors (Lipinski definition) is 4. The van der Waals surface area contributed by atoms with Gasteiger partial charge in [0, 0.05) is 0 Å². The second-order valence-electron chi connectivity index (χ2n) is 4.31. The lowest BCUT2D eigenvalue weighted by Gasteiger charge is -2.26. The van der Waals surface area contributed by atoms with Gasteiger partial charge in [-0.15, -0.1) is 0 Å². The Hall–Kier alpha value is -1.84. The van der Waals surface area contributed by atoms with Gasteiger partial charge in [0.25, 0.3) is 0 Å². The Morgan fingerprint density at radius 2 is 1.68 bits per heavy atom. The van der Waals surface area contributed by atoms with E-state index in [0.29, 0.717) is 18.6 Å². The minimum atomic E-state index is -1.09. The topological polar surface area (TPSA) is 52.6 Å². The van der Waals surface area contributed by atoms with Crippen LogP contribution < -0.4 is 4.74 Å². The van der Waals surface area contributed by atoms with Crippen LogP contribution in [0.25, 0.3) is 0 Å². The van der Waals surface area contributed by atoms with Crippen LogP contribution in [0, 0.1) is 5.41 Å². The van der Waals surface area contributed by atoms with Gasteiger partial charge in [-0.1, -0.05) is 32.0 Å². The third-order valence-electron chi connectivity index (χ3n) is 3.43. The molecule has 0 spiro atoms. The molecule has 1 aromatic carbocycles. The Bertz CT molecular complexity index is 421. The molecule has 0 aliphatic carbocycles. The molecule has 0 saturated heterocycles. The molecule has 4 heteroatoms. The molecule has 0 fully saturated rings. The fourth-order valence-corrected chi connectivity index (χ4v) is 2.05. The summed E-state index contributed by atoms with van der Waals surface area (Å²) in [5.41, 5.74) is -1.09. The van der Waals surface area contributed by atoms with Gasteiger partial charge in [-0.25, -0.2) is 0 Å². The van der Waals surface area contributed by atoms with Crippen LogP contribution in [0.1, 0.15) is 26.7 Å². The summed E-state index contributed by atoms with van der Waals surface area (Å²) in [5, 5.41) is 0. The number of Topliss-reactive ketones (excluding diaryl/α,β-unsaturated/α-hetero) is 1. The van der Waals surface area contributed by atoms with Gasteiger partial charge < -0.3 is 9.47 Å². The number of esters is 1. The van der Waals surface area contributed by atoms with Crippen LogP contribution >= 0.6 is 0 Å². The summed E-state index contributed by atoms with van der Waals surface area (Å²) in [7, 11) is 1.30. The fourth-order valence-electron chi connectivity index (χ4n) is 2.05. The first-order valence-electron chi connectivity index (χ1n) is 6.40. The smallest absolute Gasteiger partial charge is 0.319 e. The molecule has 0 bridgehead atoms. The second-order valence-corrected chi connectivity index (χ2v) is 4.31. The molecule has 0 saturated carbocycles. The average Bonchev–Trinajstić information content (AvgIpc) is 2.47. The van der Waals surface area contributed by atoms with Crippen molar-refractivity contribution in [2.24, 2.45) is 5.41 Å². The quantitative estimate of drug-likeness (QED) is 0.561. The van der Waals surface area contributed by atoms with Crippen molar-refractivity contribution >= 4 is 11.8 Å². The molecule has 0 aliphatic rings. The highest BCUT2D eigenvalue weighted by Crippen LogP contribution is 2.29. The molecular formula is C15H20O4. The van der Waals surface area contributed by atoms with Crippen molar-refractivity contribution in [1.29, 1.82) is 0 Å². The molecule has 0 heterocycles. The summed E-state index contributed by atoms with van der Waals surface area (Å²) in [6, 6.07) is 9.06. The Labute approximate surface area is 113 Å². The normalized spacial score (nSPS) is 10.9. The predicted molar refractivity (Wildman–Crippen MR) is 72.0 cm³/mol. The molecule has 0 N–H and O–H groups in total. The second kappa shape index (κ2) is 6.92. The van der Waals surface area contributed by atoms with E-state index in [-0.39, 0.29) is 12.4 Å². The maximum absolute atomic E-state index is 12.3. The van der Waals surface area contributed by atoms with Gasteiger partial charge in [-0.05, 0) is 25.0 Å². The number of rotatable bonds is 7. The van der Waals surface area contributed by atoms with Gasteiger partial charge in [-0.2, -0.15) is 0 Å². The number of carbonyl (C=O) groups excluding carboxylic acids is 2. The number of methoxy groups -OCH3 is 1. The highest BCUT2D eigenvalue weighted by molar-refractivity contribution is 6.04. The molecule has 0 amide bonds. The van der Waals surface area contributed by atoms with E-state index in [1.807, 2.05) is 18.2 Å². The molecule has 104 valence electrons. The first-order valence-corrected chi connectivity index (χ1v) is 6.40. The number of hydrogen-bond donors (Lipinski definition) is 0. The van der Waals surface area contributed by atoms with Crippen molar-refractivity contribution < 1.29 is 19.1 Å². The standard InChI is InChI=1S/C15H20O4/c1-4-15(5-2,14(17)18-3)13(16)11-19-12-9-7-6-8-10-12/h6-10H,4-5,11H2,1-3H3. The van der Waals surface area contributed by atoms with Crippen LogP contribution in [0.4, 0.5) is 0 Å². The summed E-state index contributed by atoms with van der Waals surface area (Å²) >= 11 is 0. The summed E-state index contributed by atoms with van der Waals surface area (Å²) in [6.45, 7) is 3.49. The van der Waals surface area contributed by atoms with Gasteiger partial charge in [-0.3, -0.25) is 9.59 Å². The molecule has 19 heavy (non-hydrogen) atoms. The van der Waals surface area contributed by atoms with Crippen molar-refractivity contribution in [3.05, 3.63) is 30.3 Å². The van der Waals surface area contributed by atoms with E-state index < -0.39 is 11.4 Å². The van der Waals surface area contributed by atoms with Gasteiger partial charge >= 0.3 is 5.97 Å². The number of benzene rings is 1. The zero-order chi connectivity index (χ0) is 14.3. The monoisotopic (exact) mass is 264 g/mol.